The Balaban J connectivity index is 1.56. The van der Waals surface area contributed by atoms with Crippen LogP contribution in [0.1, 0.15) is 29.0 Å². The highest BCUT2D eigenvalue weighted by Gasteiger charge is 2.31. The van der Waals surface area contributed by atoms with Crippen molar-refractivity contribution < 1.29 is 9.21 Å². The Labute approximate surface area is 134 Å². The molecule has 0 radical (unpaired) electrons. The molecule has 0 saturated carbocycles. The van der Waals surface area contributed by atoms with Crippen molar-refractivity contribution in [2.45, 2.75) is 32.4 Å². The number of likely N-dealkylation sites (tertiary alicyclic amines) is 1. The number of hydrogen-bond acceptors (Lipinski definition) is 3. The van der Waals surface area contributed by atoms with Crippen LogP contribution in [0, 0.1) is 6.92 Å². The van der Waals surface area contributed by atoms with Gasteiger partial charge in [0.2, 0.25) is 0 Å². The van der Waals surface area contributed by atoms with E-state index >= 15 is 0 Å². The first-order chi connectivity index (χ1) is 11.2. The van der Waals surface area contributed by atoms with Crippen LogP contribution < -0.4 is 0 Å². The fourth-order valence-corrected chi connectivity index (χ4v) is 3.30. The molecule has 1 atom stereocenters. The van der Waals surface area contributed by atoms with Crippen LogP contribution >= 0.6 is 0 Å². The van der Waals surface area contributed by atoms with Gasteiger partial charge in [0.15, 0.2) is 5.76 Å². The van der Waals surface area contributed by atoms with Crippen molar-refractivity contribution in [2.75, 3.05) is 6.54 Å². The molecule has 23 heavy (non-hydrogen) atoms. The highest BCUT2D eigenvalue weighted by atomic mass is 16.3. The summed E-state index contributed by atoms with van der Waals surface area (Å²) in [6, 6.07) is 9.73. The van der Waals surface area contributed by atoms with E-state index in [9.17, 15) is 4.79 Å². The molecule has 5 nitrogen and oxygen atoms in total. The number of carbonyl (C=O) groups is 1. The van der Waals surface area contributed by atoms with Crippen molar-refractivity contribution in [3.8, 4) is 0 Å². The number of furan rings is 1. The van der Waals surface area contributed by atoms with E-state index in [2.05, 4.69) is 5.10 Å². The summed E-state index contributed by atoms with van der Waals surface area (Å²) in [4.78, 5) is 14.8. The Kier molecular flexibility index (Phi) is 3.41. The fraction of sp³-hybridized carbons (Fsp3) is 0.333. The summed E-state index contributed by atoms with van der Waals surface area (Å²) < 4.78 is 7.65. The lowest BCUT2D eigenvalue weighted by Gasteiger charge is -2.23. The van der Waals surface area contributed by atoms with Crippen LogP contribution in [0.25, 0.3) is 11.0 Å². The molecular formula is C18H19N3O2. The molecule has 3 aromatic rings. The molecule has 3 heterocycles. The van der Waals surface area contributed by atoms with Crippen molar-refractivity contribution in [1.82, 2.24) is 14.7 Å². The van der Waals surface area contributed by atoms with E-state index in [4.69, 9.17) is 4.42 Å². The SMILES string of the molecule is Cc1cnn(C[C@@H]2CCCN2C(=O)c2cc3ccccc3o2)c1. The number of aryl methyl sites for hydroxylation is 1. The average molecular weight is 309 g/mol. The Bertz CT molecular complexity index is 816. The topological polar surface area (TPSA) is 51.3 Å². The van der Waals surface area contributed by atoms with Crippen LogP contribution in [0.4, 0.5) is 0 Å². The van der Waals surface area contributed by atoms with Gasteiger partial charge in [0.25, 0.3) is 5.91 Å². The van der Waals surface area contributed by atoms with Gasteiger partial charge in [-0.05, 0) is 37.5 Å². The van der Waals surface area contributed by atoms with Crippen LogP contribution in [0.2, 0.25) is 0 Å². The molecular weight excluding hydrogens is 290 g/mol. The first-order valence-electron chi connectivity index (χ1n) is 7.99. The Morgan fingerprint density at radius 2 is 2.26 bits per heavy atom. The summed E-state index contributed by atoms with van der Waals surface area (Å²) in [6.45, 7) is 3.54. The molecule has 2 aromatic heterocycles. The summed E-state index contributed by atoms with van der Waals surface area (Å²) in [5.41, 5.74) is 1.90. The molecule has 0 spiro atoms. The summed E-state index contributed by atoms with van der Waals surface area (Å²) in [5, 5.41) is 5.30. The largest absolute Gasteiger partial charge is 0.451 e. The number of aromatic nitrogens is 2. The third-order valence-electron chi connectivity index (χ3n) is 4.43. The quantitative estimate of drug-likeness (QED) is 0.746. The highest BCUT2D eigenvalue weighted by Crippen LogP contribution is 2.25. The Morgan fingerprint density at radius 3 is 3.04 bits per heavy atom. The monoisotopic (exact) mass is 309 g/mol. The van der Waals surface area contributed by atoms with Gasteiger partial charge in [-0.25, -0.2) is 0 Å². The van der Waals surface area contributed by atoms with Crippen LogP contribution in [-0.2, 0) is 6.54 Å². The maximum absolute atomic E-state index is 12.8. The van der Waals surface area contributed by atoms with E-state index in [0.717, 1.165) is 42.5 Å². The fourth-order valence-electron chi connectivity index (χ4n) is 3.30. The van der Waals surface area contributed by atoms with Gasteiger partial charge >= 0.3 is 0 Å². The number of fused-ring (bicyclic) bond motifs is 1. The van der Waals surface area contributed by atoms with E-state index in [1.807, 2.05) is 59.2 Å². The lowest BCUT2D eigenvalue weighted by atomic mass is 10.2. The van der Waals surface area contributed by atoms with E-state index in [1.54, 1.807) is 0 Å². The molecule has 0 unspecified atom stereocenters. The van der Waals surface area contributed by atoms with Gasteiger partial charge < -0.3 is 9.32 Å². The van der Waals surface area contributed by atoms with Crippen LogP contribution in [0.5, 0.6) is 0 Å². The highest BCUT2D eigenvalue weighted by molar-refractivity contribution is 5.96. The molecule has 1 aliphatic heterocycles. The second-order valence-electron chi connectivity index (χ2n) is 6.18. The van der Waals surface area contributed by atoms with Gasteiger partial charge in [-0.15, -0.1) is 0 Å². The summed E-state index contributed by atoms with van der Waals surface area (Å²) in [7, 11) is 0. The molecule has 5 heteroatoms. The summed E-state index contributed by atoms with van der Waals surface area (Å²) in [6.07, 6.45) is 5.89. The molecule has 1 saturated heterocycles. The van der Waals surface area contributed by atoms with E-state index in [1.165, 1.54) is 0 Å². The first-order valence-corrected chi connectivity index (χ1v) is 7.99. The molecule has 4 rings (SSSR count). The molecule has 1 aliphatic rings. The zero-order chi connectivity index (χ0) is 15.8. The summed E-state index contributed by atoms with van der Waals surface area (Å²) >= 11 is 0. The lowest BCUT2D eigenvalue weighted by Crippen LogP contribution is -2.38. The van der Waals surface area contributed by atoms with Crippen molar-refractivity contribution in [3.05, 3.63) is 54.0 Å². The lowest BCUT2D eigenvalue weighted by molar-refractivity contribution is 0.0691. The number of nitrogens with zero attached hydrogens (tertiary/aromatic N) is 3. The number of hydrogen-bond donors (Lipinski definition) is 0. The molecule has 1 aromatic carbocycles. The first kappa shape index (κ1) is 14.1. The van der Waals surface area contributed by atoms with Crippen LogP contribution in [0.15, 0.2) is 47.1 Å². The summed E-state index contributed by atoms with van der Waals surface area (Å²) in [5.74, 6) is 0.405. The molecule has 1 amide bonds. The zero-order valence-electron chi connectivity index (χ0n) is 13.1. The number of para-hydroxylation sites is 1. The van der Waals surface area contributed by atoms with Crippen molar-refractivity contribution in [3.63, 3.8) is 0 Å². The predicted octanol–water partition coefficient (Wildman–Crippen LogP) is 3.24. The second-order valence-corrected chi connectivity index (χ2v) is 6.18. The molecule has 0 N–H and O–H groups in total. The number of amides is 1. The van der Waals surface area contributed by atoms with Crippen molar-refractivity contribution in [1.29, 1.82) is 0 Å². The minimum atomic E-state index is -0.0208. The molecule has 118 valence electrons. The van der Waals surface area contributed by atoms with E-state index in [0.29, 0.717) is 5.76 Å². The number of carbonyl (C=O) groups excluding carboxylic acids is 1. The third kappa shape index (κ3) is 2.63. The van der Waals surface area contributed by atoms with Crippen LogP contribution in [-0.4, -0.2) is 33.2 Å². The number of benzene rings is 1. The van der Waals surface area contributed by atoms with Gasteiger partial charge in [0.05, 0.1) is 18.8 Å². The van der Waals surface area contributed by atoms with Gasteiger partial charge in [0.1, 0.15) is 5.58 Å². The Morgan fingerprint density at radius 1 is 1.39 bits per heavy atom. The smallest absolute Gasteiger partial charge is 0.289 e. The van der Waals surface area contributed by atoms with E-state index < -0.39 is 0 Å². The number of rotatable bonds is 3. The van der Waals surface area contributed by atoms with Gasteiger partial charge in [-0.2, -0.15) is 5.10 Å². The minimum absolute atomic E-state index is 0.0208. The minimum Gasteiger partial charge on any atom is -0.451 e. The molecule has 0 bridgehead atoms. The molecule has 1 fully saturated rings. The standard InChI is InChI=1S/C18H19N3O2/c1-13-10-19-20(11-13)12-15-6-4-8-21(15)18(22)17-9-14-5-2-3-7-16(14)23-17/h2-3,5,7,9-11,15H,4,6,8,12H2,1H3/t15-/m0/s1. The van der Waals surface area contributed by atoms with Crippen LogP contribution in [0.3, 0.4) is 0 Å². The molecule has 0 aliphatic carbocycles. The average Bonchev–Trinajstić information content (AvgIpc) is 3.26. The maximum atomic E-state index is 12.8. The maximum Gasteiger partial charge on any atom is 0.289 e. The Hall–Kier alpha value is -2.56. The van der Waals surface area contributed by atoms with Crippen molar-refractivity contribution in [2.24, 2.45) is 0 Å². The second kappa shape index (κ2) is 5.57. The zero-order valence-corrected chi connectivity index (χ0v) is 13.1. The third-order valence-corrected chi connectivity index (χ3v) is 4.43. The van der Waals surface area contributed by atoms with Gasteiger partial charge in [-0.3, -0.25) is 9.48 Å². The van der Waals surface area contributed by atoms with Crippen molar-refractivity contribution >= 4 is 16.9 Å². The predicted molar refractivity (Wildman–Crippen MR) is 87.2 cm³/mol. The normalized spacial score (nSPS) is 18.0. The van der Waals surface area contributed by atoms with Gasteiger partial charge in [0, 0.05) is 18.1 Å². The van der Waals surface area contributed by atoms with Gasteiger partial charge in [-0.1, -0.05) is 18.2 Å². The van der Waals surface area contributed by atoms with E-state index in [-0.39, 0.29) is 11.9 Å².